The molecule has 5 N–H and O–H groups in total. The van der Waals surface area contributed by atoms with E-state index in [0.717, 1.165) is 50.7 Å². The summed E-state index contributed by atoms with van der Waals surface area (Å²) in [5, 5.41) is 34.3. The molecule has 246 valence electrons. The summed E-state index contributed by atoms with van der Waals surface area (Å²) in [5.74, 6) is -4.51. The van der Waals surface area contributed by atoms with Crippen molar-refractivity contribution in [3.8, 4) is 0 Å². The van der Waals surface area contributed by atoms with Gasteiger partial charge in [0.2, 0.25) is 11.8 Å². The quantitative estimate of drug-likeness (QED) is 0.0435. The molecule has 44 heavy (non-hydrogen) atoms. The lowest BCUT2D eigenvalue weighted by Crippen LogP contribution is -2.61. The number of aliphatic hydroxyl groups is 2. The molecule has 0 rings (SSSR count). The number of amides is 2. The molecule has 0 spiro atoms. The lowest BCUT2D eigenvalue weighted by molar-refractivity contribution is -0.152. The maximum atomic E-state index is 12.4. The molecule has 0 radical (unpaired) electrons. The third-order valence-electron chi connectivity index (χ3n) is 6.53. The fourth-order valence-electron chi connectivity index (χ4n) is 4.10. The third-order valence-corrected chi connectivity index (χ3v) is 6.53. The molecule has 0 aromatic heterocycles. The topological polar surface area (TPSA) is 162 Å². The Bertz CT molecular complexity index is 1010. The third kappa shape index (κ3) is 19.4. The molecule has 0 aliphatic heterocycles. The largest absolute Gasteiger partial charge is 0.479 e. The maximum Gasteiger partial charge on any atom is 0.330 e. The van der Waals surface area contributed by atoms with Gasteiger partial charge < -0.3 is 30.7 Å². The van der Waals surface area contributed by atoms with Gasteiger partial charge in [-0.2, -0.15) is 0 Å². The summed E-state index contributed by atoms with van der Waals surface area (Å²) in [5.41, 5.74) is -2.01. The summed E-state index contributed by atoms with van der Waals surface area (Å²) in [7, 11) is 0. The molecular weight excluding hydrogens is 564 g/mol. The van der Waals surface area contributed by atoms with Gasteiger partial charge in [-0.25, -0.2) is 9.59 Å². The van der Waals surface area contributed by atoms with Crippen LogP contribution in [-0.4, -0.2) is 71.0 Å². The Morgan fingerprint density at radius 2 is 1.32 bits per heavy atom. The molecule has 0 bridgehead atoms. The zero-order valence-corrected chi connectivity index (χ0v) is 26.3. The van der Waals surface area contributed by atoms with E-state index < -0.39 is 42.5 Å². The fourth-order valence-corrected chi connectivity index (χ4v) is 4.10. The van der Waals surface area contributed by atoms with Crippen LogP contribution in [0.2, 0.25) is 0 Å². The Kier molecular flexibility index (Phi) is 24.5. The Balaban J connectivity index is 4.46. The van der Waals surface area contributed by atoms with Gasteiger partial charge in [0.1, 0.15) is 5.54 Å². The summed E-state index contributed by atoms with van der Waals surface area (Å²) >= 11 is 0. The van der Waals surface area contributed by atoms with E-state index in [2.05, 4.69) is 72.2 Å². The van der Waals surface area contributed by atoms with Crippen molar-refractivity contribution < 1.29 is 39.2 Å². The summed E-state index contributed by atoms with van der Waals surface area (Å²) in [6.45, 7) is 2.57. The number of carbonyl (C=O) groups excluding carboxylic acids is 3. The Hall–Kier alpha value is -3.76. The van der Waals surface area contributed by atoms with Crippen molar-refractivity contribution in [2.24, 2.45) is 5.92 Å². The van der Waals surface area contributed by atoms with Gasteiger partial charge in [0.25, 0.3) is 0 Å². The number of hydrogen-bond donors (Lipinski definition) is 5. The molecule has 0 heterocycles. The summed E-state index contributed by atoms with van der Waals surface area (Å²) in [6.07, 6.45) is 29.4. The van der Waals surface area contributed by atoms with Crippen LogP contribution in [0, 0.1) is 5.92 Å². The van der Waals surface area contributed by atoms with Gasteiger partial charge in [0, 0.05) is 31.0 Å². The van der Waals surface area contributed by atoms with E-state index in [1.54, 1.807) is 6.92 Å². The first-order chi connectivity index (χ1) is 21.3. The SMILES string of the molecule is CCC=CCC=CCC=CCC=CCC=CCCCC(=O)NCCC[C@@](NC(=O)C=CC(=O)OCC)(C(=O)O)C(CO)CO. The maximum absolute atomic E-state index is 12.4. The second kappa shape index (κ2) is 26.8. The van der Waals surface area contributed by atoms with Crippen LogP contribution in [0.4, 0.5) is 0 Å². The van der Waals surface area contributed by atoms with Gasteiger partial charge in [-0.15, -0.1) is 0 Å². The lowest BCUT2D eigenvalue weighted by atomic mass is 9.80. The van der Waals surface area contributed by atoms with E-state index in [1.165, 1.54) is 0 Å². The molecule has 0 aliphatic carbocycles. The number of aliphatic carboxylic acids is 1. The number of carboxylic acid groups (broad SMARTS) is 1. The number of aliphatic hydroxyl groups excluding tert-OH is 2. The monoisotopic (exact) mass is 616 g/mol. The highest BCUT2D eigenvalue weighted by Gasteiger charge is 2.46. The predicted molar refractivity (Wildman–Crippen MR) is 172 cm³/mol. The summed E-state index contributed by atoms with van der Waals surface area (Å²) in [6, 6.07) is 0. The normalized spacial score (nSPS) is 13.7. The van der Waals surface area contributed by atoms with Gasteiger partial charge in [-0.1, -0.05) is 67.7 Å². The standard InChI is InChI=1S/C34H52N2O8/c1-3-5-6-7-8-9-10-11-12-13-14-15-16-17-18-19-20-22-30(39)35-26-21-25-34(33(42)43,29(27-37)28-38)36-31(40)23-24-32(41)44-4-2/h5-6,8-9,11-12,14-15,17-18,23-24,29,37-38H,3-4,7,10,13,16,19-22,25-28H2,1-2H3,(H,35,39)(H,36,40)(H,42,43)/t34-/m0/s1. The molecule has 10 heteroatoms. The Morgan fingerprint density at radius 3 is 1.82 bits per heavy atom. The number of esters is 1. The van der Waals surface area contributed by atoms with Crippen LogP contribution in [-0.2, 0) is 23.9 Å². The van der Waals surface area contributed by atoms with Gasteiger partial charge in [0.15, 0.2) is 0 Å². The molecule has 0 aromatic carbocycles. The molecular formula is C34H52N2O8. The lowest BCUT2D eigenvalue weighted by Gasteiger charge is -2.36. The molecule has 1 atom stereocenters. The molecule has 0 saturated carbocycles. The fraction of sp³-hybridized carbons (Fsp3) is 0.529. The second-order valence-corrected chi connectivity index (χ2v) is 9.97. The van der Waals surface area contributed by atoms with Gasteiger partial charge in [-0.3, -0.25) is 9.59 Å². The minimum atomic E-state index is -2.01. The van der Waals surface area contributed by atoms with Gasteiger partial charge in [0.05, 0.1) is 19.8 Å². The van der Waals surface area contributed by atoms with E-state index >= 15 is 0 Å². The molecule has 0 aliphatic rings. The number of rotatable bonds is 25. The number of allylic oxidation sites excluding steroid dienone is 10. The number of carboxylic acids is 1. The number of hydrogen-bond acceptors (Lipinski definition) is 7. The van der Waals surface area contributed by atoms with Crippen LogP contribution in [0.5, 0.6) is 0 Å². The highest BCUT2D eigenvalue weighted by atomic mass is 16.5. The number of ether oxygens (including phenoxy) is 1. The summed E-state index contributed by atoms with van der Waals surface area (Å²) < 4.78 is 4.70. The first kappa shape index (κ1) is 40.2. The van der Waals surface area contributed by atoms with Crippen LogP contribution in [0.15, 0.2) is 72.9 Å². The van der Waals surface area contributed by atoms with Crippen molar-refractivity contribution in [1.29, 1.82) is 0 Å². The minimum Gasteiger partial charge on any atom is -0.479 e. The van der Waals surface area contributed by atoms with Crippen molar-refractivity contribution in [3.05, 3.63) is 72.9 Å². The Labute approximate surface area is 262 Å². The van der Waals surface area contributed by atoms with Crippen LogP contribution >= 0.6 is 0 Å². The van der Waals surface area contributed by atoms with E-state index in [0.29, 0.717) is 12.8 Å². The first-order valence-electron chi connectivity index (χ1n) is 15.4. The molecule has 2 amide bonds. The van der Waals surface area contributed by atoms with E-state index in [-0.39, 0.29) is 31.9 Å². The number of nitrogens with one attached hydrogen (secondary N) is 2. The zero-order valence-electron chi connectivity index (χ0n) is 26.3. The van der Waals surface area contributed by atoms with Crippen LogP contribution in [0.1, 0.15) is 78.1 Å². The van der Waals surface area contributed by atoms with Gasteiger partial charge >= 0.3 is 11.9 Å². The van der Waals surface area contributed by atoms with Crippen molar-refractivity contribution in [3.63, 3.8) is 0 Å². The van der Waals surface area contributed by atoms with Gasteiger partial charge in [-0.05, 0) is 64.7 Å². The van der Waals surface area contributed by atoms with Crippen molar-refractivity contribution in [2.45, 2.75) is 83.6 Å². The number of unbranched alkanes of at least 4 members (excludes halogenated alkanes) is 1. The average Bonchev–Trinajstić information content (AvgIpc) is 3.00. The summed E-state index contributed by atoms with van der Waals surface area (Å²) in [4.78, 5) is 48.3. The van der Waals surface area contributed by atoms with Crippen molar-refractivity contribution in [2.75, 3.05) is 26.4 Å². The molecule has 0 fully saturated rings. The molecule has 0 aromatic rings. The van der Waals surface area contributed by atoms with Crippen LogP contribution in [0.25, 0.3) is 0 Å². The van der Waals surface area contributed by atoms with E-state index in [4.69, 9.17) is 4.74 Å². The second-order valence-electron chi connectivity index (χ2n) is 9.97. The van der Waals surface area contributed by atoms with E-state index in [9.17, 15) is 34.5 Å². The van der Waals surface area contributed by atoms with Crippen LogP contribution in [0.3, 0.4) is 0 Å². The van der Waals surface area contributed by atoms with Crippen molar-refractivity contribution in [1.82, 2.24) is 10.6 Å². The first-order valence-corrected chi connectivity index (χ1v) is 15.4. The number of carbonyl (C=O) groups is 4. The zero-order chi connectivity index (χ0) is 32.9. The Morgan fingerprint density at radius 1 is 0.773 bits per heavy atom. The van der Waals surface area contributed by atoms with Crippen LogP contribution < -0.4 is 10.6 Å². The molecule has 0 unspecified atom stereocenters. The van der Waals surface area contributed by atoms with E-state index in [1.807, 2.05) is 6.08 Å². The average molecular weight is 617 g/mol. The molecule has 10 nitrogen and oxygen atoms in total. The molecule has 0 saturated heterocycles. The van der Waals surface area contributed by atoms with Crippen molar-refractivity contribution >= 4 is 23.8 Å². The predicted octanol–water partition coefficient (Wildman–Crippen LogP) is 4.46. The highest BCUT2D eigenvalue weighted by molar-refractivity contribution is 5.97. The highest BCUT2D eigenvalue weighted by Crippen LogP contribution is 2.24. The smallest absolute Gasteiger partial charge is 0.330 e. The minimum absolute atomic E-state index is 0.107.